The predicted molar refractivity (Wildman–Crippen MR) is 66.1 cm³/mol. The highest BCUT2D eigenvalue weighted by Gasteiger charge is 2.37. The van der Waals surface area contributed by atoms with Crippen LogP contribution in [0.2, 0.25) is 0 Å². The number of carbonyl (C=O) groups is 1. The van der Waals surface area contributed by atoms with Gasteiger partial charge in [0.25, 0.3) is 0 Å². The first-order chi connectivity index (χ1) is 7.59. The molecule has 2 unspecified atom stereocenters. The van der Waals surface area contributed by atoms with Gasteiger partial charge in [0.1, 0.15) is 0 Å². The SMILES string of the molecule is CC1CCC(C(C)C)[C@@H](N2CCCC2=O)C1. The zero-order chi connectivity index (χ0) is 11.7. The smallest absolute Gasteiger partial charge is 0.222 e. The molecule has 16 heavy (non-hydrogen) atoms. The molecule has 0 aromatic carbocycles. The minimum absolute atomic E-state index is 0.407. The van der Waals surface area contributed by atoms with E-state index in [4.69, 9.17) is 0 Å². The quantitative estimate of drug-likeness (QED) is 0.704. The molecule has 0 bridgehead atoms. The largest absolute Gasteiger partial charge is 0.339 e. The second-order valence-corrected chi connectivity index (χ2v) is 6.08. The molecular formula is C14H25NO. The van der Waals surface area contributed by atoms with Crippen molar-refractivity contribution in [3.8, 4) is 0 Å². The Morgan fingerprint density at radius 3 is 2.62 bits per heavy atom. The molecule has 0 radical (unpaired) electrons. The van der Waals surface area contributed by atoms with E-state index in [0.29, 0.717) is 17.9 Å². The van der Waals surface area contributed by atoms with Gasteiger partial charge in [0.15, 0.2) is 0 Å². The highest BCUT2D eigenvalue weighted by atomic mass is 16.2. The number of rotatable bonds is 2. The monoisotopic (exact) mass is 223 g/mol. The molecule has 2 fully saturated rings. The Kier molecular flexibility index (Phi) is 3.56. The Morgan fingerprint density at radius 1 is 1.31 bits per heavy atom. The molecular weight excluding hydrogens is 198 g/mol. The van der Waals surface area contributed by atoms with E-state index >= 15 is 0 Å². The van der Waals surface area contributed by atoms with E-state index in [1.165, 1.54) is 19.3 Å². The summed E-state index contributed by atoms with van der Waals surface area (Å²) in [6.45, 7) is 7.98. The van der Waals surface area contributed by atoms with E-state index in [2.05, 4.69) is 25.7 Å². The van der Waals surface area contributed by atoms with Crippen molar-refractivity contribution in [1.82, 2.24) is 4.90 Å². The van der Waals surface area contributed by atoms with Gasteiger partial charge in [-0.2, -0.15) is 0 Å². The number of amides is 1. The molecule has 1 aliphatic heterocycles. The molecule has 1 saturated carbocycles. The number of carbonyl (C=O) groups excluding carboxylic acids is 1. The minimum Gasteiger partial charge on any atom is -0.339 e. The summed E-state index contributed by atoms with van der Waals surface area (Å²) in [4.78, 5) is 14.1. The Hall–Kier alpha value is -0.530. The molecule has 2 heteroatoms. The second kappa shape index (κ2) is 4.77. The first-order valence-corrected chi connectivity index (χ1v) is 6.89. The van der Waals surface area contributed by atoms with Crippen LogP contribution >= 0.6 is 0 Å². The van der Waals surface area contributed by atoms with Crippen LogP contribution in [0.4, 0.5) is 0 Å². The summed E-state index contributed by atoms with van der Waals surface area (Å²) in [5.41, 5.74) is 0. The van der Waals surface area contributed by atoms with E-state index in [0.717, 1.165) is 31.2 Å². The summed E-state index contributed by atoms with van der Waals surface area (Å²) in [5, 5.41) is 0. The van der Waals surface area contributed by atoms with Crippen LogP contribution in [-0.2, 0) is 4.79 Å². The first-order valence-electron chi connectivity index (χ1n) is 6.89. The lowest BCUT2D eigenvalue weighted by atomic mass is 9.73. The van der Waals surface area contributed by atoms with Crippen LogP contribution in [0.25, 0.3) is 0 Å². The Bertz CT molecular complexity index is 261. The predicted octanol–water partition coefficient (Wildman–Crippen LogP) is 3.07. The van der Waals surface area contributed by atoms with Crippen molar-refractivity contribution in [2.24, 2.45) is 17.8 Å². The molecule has 2 rings (SSSR count). The average molecular weight is 223 g/mol. The summed E-state index contributed by atoms with van der Waals surface area (Å²) < 4.78 is 0. The minimum atomic E-state index is 0.407. The summed E-state index contributed by atoms with van der Waals surface area (Å²) in [7, 11) is 0. The van der Waals surface area contributed by atoms with E-state index in [1.54, 1.807) is 0 Å². The van der Waals surface area contributed by atoms with Gasteiger partial charge in [-0.1, -0.05) is 27.2 Å². The molecule has 2 aliphatic rings. The van der Waals surface area contributed by atoms with E-state index in [-0.39, 0.29) is 0 Å². The lowest BCUT2D eigenvalue weighted by molar-refractivity contribution is -0.132. The first kappa shape index (κ1) is 11.9. The highest BCUT2D eigenvalue weighted by Crippen LogP contribution is 2.37. The van der Waals surface area contributed by atoms with Crippen molar-refractivity contribution in [3.63, 3.8) is 0 Å². The van der Waals surface area contributed by atoms with Gasteiger partial charge >= 0.3 is 0 Å². The van der Waals surface area contributed by atoms with Crippen LogP contribution in [0.15, 0.2) is 0 Å². The van der Waals surface area contributed by atoms with Crippen molar-refractivity contribution >= 4 is 5.91 Å². The van der Waals surface area contributed by atoms with Crippen molar-refractivity contribution in [3.05, 3.63) is 0 Å². The third-order valence-corrected chi connectivity index (χ3v) is 4.50. The zero-order valence-electron chi connectivity index (χ0n) is 10.9. The van der Waals surface area contributed by atoms with E-state index in [9.17, 15) is 4.79 Å². The zero-order valence-corrected chi connectivity index (χ0v) is 10.9. The maximum Gasteiger partial charge on any atom is 0.222 e. The third kappa shape index (κ3) is 2.26. The lowest BCUT2D eigenvalue weighted by Crippen LogP contribution is -2.46. The molecule has 0 spiro atoms. The maximum absolute atomic E-state index is 11.9. The number of likely N-dealkylation sites (tertiary alicyclic amines) is 1. The molecule has 2 nitrogen and oxygen atoms in total. The third-order valence-electron chi connectivity index (χ3n) is 4.50. The van der Waals surface area contributed by atoms with Gasteiger partial charge < -0.3 is 4.90 Å². The molecule has 0 N–H and O–H groups in total. The van der Waals surface area contributed by atoms with Crippen molar-refractivity contribution < 1.29 is 4.79 Å². The molecule has 0 aromatic heterocycles. The van der Waals surface area contributed by atoms with Gasteiger partial charge in [-0.05, 0) is 37.0 Å². The standard InChI is InChI=1S/C14H25NO/c1-10(2)12-7-6-11(3)9-13(12)15-8-4-5-14(15)16/h10-13H,4-9H2,1-3H3/t11?,12?,13-/m0/s1. The number of hydrogen-bond acceptors (Lipinski definition) is 1. The van der Waals surface area contributed by atoms with Crippen LogP contribution in [0.1, 0.15) is 52.9 Å². The highest BCUT2D eigenvalue weighted by molar-refractivity contribution is 5.78. The summed E-state index contributed by atoms with van der Waals surface area (Å²) in [6, 6.07) is 0.541. The summed E-state index contributed by atoms with van der Waals surface area (Å²) in [5.74, 6) is 2.65. The van der Waals surface area contributed by atoms with Crippen molar-refractivity contribution in [2.75, 3.05) is 6.54 Å². The van der Waals surface area contributed by atoms with Gasteiger partial charge in [0.05, 0.1) is 0 Å². The Morgan fingerprint density at radius 2 is 2.06 bits per heavy atom. The van der Waals surface area contributed by atoms with Crippen LogP contribution in [0.5, 0.6) is 0 Å². The Balaban J connectivity index is 2.10. The maximum atomic E-state index is 11.9. The van der Waals surface area contributed by atoms with Gasteiger partial charge in [-0.3, -0.25) is 4.79 Å². The molecule has 1 heterocycles. The lowest BCUT2D eigenvalue weighted by Gasteiger charge is -2.42. The van der Waals surface area contributed by atoms with Gasteiger partial charge in [0, 0.05) is 19.0 Å². The van der Waals surface area contributed by atoms with Crippen LogP contribution in [0, 0.1) is 17.8 Å². The van der Waals surface area contributed by atoms with Crippen LogP contribution < -0.4 is 0 Å². The fourth-order valence-electron chi connectivity index (χ4n) is 3.53. The molecule has 1 aliphatic carbocycles. The molecule has 1 amide bonds. The second-order valence-electron chi connectivity index (χ2n) is 6.08. The van der Waals surface area contributed by atoms with Crippen LogP contribution in [0.3, 0.4) is 0 Å². The van der Waals surface area contributed by atoms with E-state index in [1.807, 2.05) is 0 Å². The summed E-state index contributed by atoms with van der Waals surface area (Å²) in [6.07, 6.45) is 5.76. The van der Waals surface area contributed by atoms with Crippen molar-refractivity contribution in [1.29, 1.82) is 0 Å². The van der Waals surface area contributed by atoms with E-state index < -0.39 is 0 Å². The normalized spacial score (nSPS) is 36.1. The topological polar surface area (TPSA) is 20.3 Å². The molecule has 1 saturated heterocycles. The van der Waals surface area contributed by atoms with Gasteiger partial charge in [-0.15, -0.1) is 0 Å². The van der Waals surface area contributed by atoms with Crippen molar-refractivity contribution in [2.45, 2.75) is 58.9 Å². The van der Waals surface area contributed by atoms with Gasteiger partial charge in [-0.25, -0.2) is 0 Å². The molecule has 3 atom stereocenters. The summed E-state index contributed by atoms with van der Waals surface area (Å²) >= 11 is 0. The molecule has 0 aromatic rings. The fraction of sp³-hybridized carbons (Fsp3) is 0.929. The Labute approximate surface area is 99.4 Å². The average Bonchev–Trinajstić information content (AvgIpc) is 2.63. The number of nitrogens with zero attached hydrogens (tertiary/aromatic N) is 1. The fourth-order valence-corrected chi connectivity index (χ4v) is 3.53. The van der Waals surface area contributed by atoms with Gasteiger partial charge in [0.2, 0.25) is 5.91 Å². The molecule has 92 valence electrons. The van der Waals surface area contributed by atoms with Crippen LogP contribution in [-0.4, -0.2) is 23.4 Å². The number of hydrogen-bond donors (Lipinski definition) is 0.